The Balaban J connectivity index is 2.12. The lowest BCUT2D eigenvalue weighted by Gasteiger charge is -2.27. The van der Waals surface area contributed by atoms with Gasteiger partial charge < -0.3 is 10.3 Å². The van der Waals surface area contributed by atoms with E-state index in [-0.39, 0.29) is 6.04 Å². The minimum atomic E-state index is 0.177. The topological polar surface area (TPSA) is 34.2 Å². The first-order valence-electron chi connectivity index (χ1n) is 7.42. The van der Waals surface area contributed by atoms with E-state index in [1.165, 1.54) is 11.3 Å². The van der Waals surface area contributed by atoms with E-state index in [9.17, 15) is 0 Å². The summed E-state index contributed by atoms with van der Waals surface area (Å²) in [6.07, 6.45) is 2.07. The van der Waals surface area contributed by atoms with Crippen LogP contribution >= 0.6 is 0 Å². The largest absolute Gasteiger partial charge is 0.397 e. The van der Waals surface area contributed by atoms with Crippen molar-refractivity contribution in [2.24, 2.45) is 0 Å². The van der Waals surface area contributed by atoms with E-state index in [4.69, 9.17) is 5.73 Å². The van der Waals surface area contributed by atoms with Crippen molar-refractivity contribution >= 4 is 5.69 Å². The van der Waals surface area contributed by atoms with Gasteiger partial charge in [0.05, 0.1) is 17.4 Å². The highest BCUT2D eigenvalue weighted by atomic mass is 15.1. The summed E-state index contributed by atoms with van der Waals surface area (Å²) in [6, 6.07) is 22.9. The monoisotopic (exact) mass is 291 g/mol. The van der Waals surface area contributed by atoms with Crippen LogP contribution in [0.3, 0.4) is 0 Å². The molecule has 1 unspecified atom stereocenters. The molecule has 0 amide bonds. The Kier molecular flexibility index (Phi) is 3.98. The molecule has 2 aromatic carbocycles. The second kappa shape index (κ2) is 6.08. The highest BCUT2D eigenvalue weighted by Crippen LogP contribution is 2.30. The first-order chi connectivity index (χ1) is 10.7. The fourth-order valence-electron chi connectivity index (χ4n) is 2.91. The summed E-state index contributed by atoms with van der Waals surface area (Å²) >= 11 is 0. The molecule has 0 radical (unpaired) electrons. The molecule has 0 saturated heterocycles. The Morgan fingerprint density at radius 3 is 2.23 bits per heavy atom. The van der Waals surface area contributed by atoms with E-state index in [2.05, 4.69) is 72.2 Å². The van der Waals surface area contributed by atoms with Crippen molar-refractivity contribution in [3.8, 4) is 5.69 Å². The number of anilines is 1. The number of benzene rings is 2. The number of nitrogens with zero attached hydrogens (tertiary/aromatic N) is 2. The van der Waals surface area contributed by atoms with Gasteiger partial charge in [-0.2, -0.15) is 0 Å². The lowest BCUT2D eigenvalue weighted by atomic mass is 10.0. The third kappa shape index (κ3) is 2.63. The van der Waals surface area contributed by atoms with Crippen molar-refractivity contribution < 1.29 is 0 Å². The highest BCUT2D eigenvalue weighted by molar-refractivity contribution is 5.58. The summed E-state index contributed by atoms with van der Waals surface area (Å²) in [7, 11) is 4.20. The zero-order valence-corrected chi connectivity index (χ0v) is 13.0. The number of para-hydroxylation sites is 2. The van der Waals surface area contributed by atoms with Crippen LogP contribution in [0, 0.1) is 0 Å². The Morgan fingerprint density at radius 1 is 0.864 bits per heavy atom. The van der Waals surface area contributed by atoms with Gasteiger partial charge in [0, 0.05) is 11.9 Å². The van der Waals surface area contributed by atoms with Crippen molar-refractivity contribution in [3.05, 3.63) is 84.2 Å². The zero-order valence-electron chi connectivity index (χ0n) is 13.0. The molecule has 0 aliphatic rings. The van der Waals surface area contributed by atoms with Gasteiger partial charge >= 0.3 is 0 Å². The summed E-state index contributed by atoms with van der Waals surface area (Å²) in [4.78, 5) is 2.22. The molecule has 0 bridgehead atoms. The Morgan fingerprint density at radius 2 is 1.55 bits per heavy atom. The standard InChI is InChI=1S/C19H21N3/c1-21(2)19(15-9-4-3-5-10-15)18-13-8-14-22(18)17-12-7-6-11-16(17)20/h3-14,19H,20H2,1-2H3. The Bertz CT molecular complexity index is 744. The van der Waals surface area contributed by atoms with E-state index in [1.807, 2.05) is 24.3 Å². The van der Waals surface area contributed by atoms with Crippen LogP contribution in [0.5, 0.6) is 0 Å². The quantitative estimate of drug-likeness (QED) is 0.744. The SMILES string of the molecule is CN(C)C(c1ccccc1)c1cccn1-c1ccccc1N. The first kappa shape index (κ1) is 14.4. The van der Waals surface area contributed by atoms with E-state index >= 15 is 0 Å². The number of nitrogen functional groups attached to an aromatic ring is 1. The van der Waals surface area contributed by atoms with Gasteiger partial charge in [-0.25, -0.2) is 0 Å². The Labute approximate surface area is 131 Å². The number of rotatable bonds is 4. The van der Waals surface area contributed by atoms with Gasteiger partial charge in [-0.15, -0.1) is 0 Å². The van der Waals surface area contributed by atoms with Gasteiger partial charge in [0.25, 0.3) is 0 Å². The van der Waals surface area contributed by atoms with E-state index in [0.717, 1.165) is 11.4 Å². The maximum atomic E-state index is 6.16. The molecule has 112 valence electrons. The minimum Gasteiger partial charge on any atom is -0.397 e. The summed E-state index contributed by atoms with van der Waals surface area (Å²) in [5.41, 5.74) is 10.4. The van der Waals surface area contributed by atoms with Crippen LogP contribution in [0.2, 0.25) is 0 Å². The lowest BCUT2D eigenvalue weighted by Crippen LogP contribution is -2.23. The van der Waals surface area contributed by atoms with Crippen LogP contribution in [0.4, 0.5) is 5.69 Å². The molecule has 3 heteroatoms. The van der Waals surface area contributed by atoms with Gasteiger partial charge in [0.15, 0.2) is 0 Å². The highest BCUT2D eigenvalue weighted by Gasteiger charge is 2.20. The summed E-state index contributed by atoms with van der Waals surface area (Å²) in [5, 5.41) is 0. The minimum absolute atomic E-state index is 0.177. The molecule has 3 rings (SSSR count). The first-order valence-corrected chi connectivity index (χ1v) is 7.42. The third-order valence-electron chi connectivity index (χ3n) is 3.89. The number of aromatic nitrogens is 1. The Hall–Kier alpha value is -2.52. The smallest absolute Gasteiger partial charge is 0.0754 e. The molecule has 1 heterocycles. The van der Waals surface area contributed by atoms with E-state index in [1.54, 1.807) is 0 Å². The molecule has 0 spiro atoms. The molecular formula is C19H21N3. The predicted octanol–water partition coefficient (Wildman–Crippen LogP) is 3.71. The van der Waals surface area contributed by atoms with Crippen molar-refractivity contribution in [2.45, 2.75) is 6.04 Å². The number of hydrogen-bond donors (Lipinski definition) is 1. The van der Waals surface area contributed by atoms with Crippen LogP contribution < -0.4 is 5.73 Å². The summed E-state index contributed by atoms with van der Waals surface area (Å²) in [6.45, 7) is 0. The molecule has 0 fully saturated rings. The predicted molar refractivity (Wildman–Crippen MR) is 92.2 cm³/mol. The molecule has 1 aromatic heterocycles. The second-order valence-electron chi connectivity index (χ2n) is 5.64. The van der Waals surface area contributed by atoms with Crippen LogP contribution in [0.1, 0.15) is 17.3 Å². The van der Waals surface area contributed by atoms with Gasteiger partial charge in [-0.05, 0) is 43.9 Å². The fourth-order valence-corrected chi connectivity index (χ4v) is 2.91. The normalized spacial score (nSPS) is 12.5. The van der Waals surface area contributed by atoms with Crippen LogP contribution in [0.15, 0.2) is 72.9 Å². The molecule has 2 N–H and O–H groups in total. The third-order valence-corrected chi connectivity index (χ3v) is 3.89. The van der Waals surface area contributed by atoms with Gasteiger partial charge in [-0.1, -0.05) is 42.5 Å². The molecule has 0 aliphatic carbocycles. The number of hydrogen-bond acceptors (Lipinski definition) is 2. The average Bonchev–Trinajstić information content (AvgIpc) is 2.97. The van der Waals surface area contributed by atoms with Crippen LogP contribution in [-0.2, 0) is 0 Å². The van der Waals surface area contributed by atoms with Gasteiger partial charge in [0.2, 0.25) is 0 Å². The second-order valence-corrected chi connectivity index (χ2v) is 5.64. The number of nitrogens with two attached hydrogens (primary N) is 1. The maximum absolute atomic E-state index is 6.16. The summed E-state index contributed by atoms with van der Waals surface area (Å²) in [5.74, 6) is 0. The van der Waals surface area contributed by atoms with Crippen LogP contribution in [-0.4, -0.2) is 23.6 Å². The molecule has 3 nitrogen and oxygen atoms in total. The zero-order chi connectivity index (χ0) is 15.5. The lowest BCUT2D eigenvalue weighted by molar-refractivity contribution is 0.334. The van der Waals surface area contributed by atoms with E-state index < -0.39 is 0 Å². The van der Waals surface area contributed by atoms with E-state index in [0.29, 0.717) is 0 Å². The summed E-state index contributed by atoms with van der Waals surface area (Å²) < 4.78 is 2.17. The maximum Gasteiger partial charge on any atom is 0.0754 e. The van der Waals surface area contributed by atoms with Crippen molar-refractivity contribution in [2.75, 3.05) is 19.8 Å². The molecule has 0 saturated carbocycles. The molecule has 0 aliphatic heterocycles. The van der Waals surface area contributed by atoms with Crippen molar-refractivity contribution in [1.29, 1.82) is 0 Å². The fraction of sp³-hybridized carbons (Fsp3) is 0.158. The molecular weight excluding hydrogens is 270 g/mol. The molecule has 22 heavy (non-hydrogen) atoms. The van der Waals surface area contributed by atoms with Gasteiger partial charge in [0.1, 0.15) is 0 Å². The van der Waals surface area contributed by atoms with Crippen molar-refractivity contribution in [3.63, 3.8) is 0 Å². The van der Waals surface area contributed by atoms with Crippen LogP contribution in [0.25, 0.3) is 5.69 Å². The molecule has 1 atom stereocenters. The van der Waals surface area contributed by atoms with Gasteiger partial charge in [-0.3, -0.25) is 4.90 Å². The molecule has 3 aromatic rings. The average molecular weight is 291 g/mol. The van der Waals surface area contributed by atoms with Crippen molar-refractivity contribution in [1.82, 2.24) is 9.47 Å².